The van der Waals surface area contributed by atoms with Crippen LogP contribution >= 0.6 is 0 Å². The zero-order chi connectivity index (χ0) is 17.8. The third-order valence-electron chi connectivity index (χ3n) is 4.05. The average Bonchev–Trinajstić information content (AvgIpc) is 2.62. The number of para-hydroxylation sites is 1. The van der Waals surface area contributed by atoms with E-state index < -0.39 is 17.5 Å². The fourth-order valence-electron chi connectivity index (χ4n) is 2.91. The summed E-state index contributed by atoms with van der Waals surface area (Å²) < 4.78 is 10.4. The molecule has 0 radical (unpaired) electrons. The normalized spacial score (nSPS) is 12.0. The molecule has 0 saturated heterocycles. The van der Waals surface area contributed by atoms with Gasteiger partial charge in [0.15, 0.2) is 0 Å². The Hall–Kier alpha value is -3.08. The largest absolute Gasteiger partial charge is 0.507 e. The number of ether oxygens (including phenoxy) is 1. The van der Waals surface area contributed by atoms with Gasteiger partial charge in [-0.1, -0.05) is 42.5 Å². The van der Waals surface area contributed by atoms with E-state index in [1.54, 1.807) is 43.3 Å². The van der Waals surface area contributed by atoms with Crippen molar-refractivity contribution >= 4 is 16.9 Å². The van der Waals surface area contributed by atoms with E-state index in [1.165, 1.54) is 0 Å². The maximum Gasteiger partial charge on any atom is 0.343 e. The smallest absolute Gasteiger partial charge is 0.343 e. The summed E-state index contributed by atoms with van der Waals surface area (Å²) in [6.45, 7) is 1.97. The highest BCUT2D eigenvalue weighted by Crippen LogP contribution is 2.36. The van der Waals surface area contributed by atoms with Gasteiger partial charge in [0.2, 0.25) is 0 Å². The van der Waals surface area contributed by atoms with E-state index in [-0.39, 0.29) is 24.3 Å². The summed E-state index contributed by atoms with van der Waals surface area (Å²) in [5, 5.41) is 11.1. The molecule has 1 atom stereocenters. The summed E-state index contributed by atoms with van der Waals surface area (Å²) in [6.07, 6.45) is -0.0610. The maximum atomic E-state index is 12.5. The minimum atomic E-state index is -0.658. The van der Waals surface area contributed by atoms with Crippen LogP contribution in [0, 0.1) is 0 Å². The quantitative estimate of drug-likeness (QED) is 0.568. The lowest BCUT2D eigenvalue weighted by molar-refractivity contribution is -0.143. The molecule has 1 heterocycles. The number of esters is 1. The van der Waals surface area contributed by atoms with E-state index in [0.717, 1.165) is 5.56 Å². The van der Waals surface area contributed by atoms with Crippen LogP contribution in [-0.2, 0) is 9.53 Å². The fourth-order valence-corrected chi connectivity index (χ4v) is 2.91. The van der Waals surface area contributed by atoms with Crippen LogP contribution in [0.2, 0.25) is 0 Å². The molecule has 0 amide bonds. The van der Waals surface area contributed by atoms with Crippen LogP contribution in [-0.4, -0.2) is 17.7 Å². The standard InChI is InChI=1S/C20H18O5/c1-2-24-17(21)12-15(13-8-4-3-5-9-13)18-19(22)14-10-6-7-11-16(14)25-20(18)23/h3-11,15,22H,2,12H2,1H3. The van der Waals surface area contributed by atoms with Gasteiger partial charge < -0.3 is 14.3 Å². The fraction of sp³-hybridized carbons (Fsp3) is 0.200. The molecule has 2 aromatic carbocycles. The van der Waals surface area contributed by atoms with E-state index in [9.17, 15) is 14.7 Å². The highest BCUT2D eigenvalue weighted by molar-refractivity contribution is 5.84. The van der Waals surface area contributed by atoms with Crippen molar-refractivity contribution in [3.05, 3.63) is 76.1 Å². The molecule has 0 aliphatic heterocycles. The third kappa shape index (κ3) is 3.40. The number of hydrogen-bond acceptors (Lipinski definition) is 5. The van der Waals surface area contributed by atoms with Crippen molar-refractivity contribution in [3.8, 4) is 5.75 Å². The summed E-state index contributed by atoms with van der Waals surface area (Å²) in [5.74, 6) is -1.26. The lowest BCUT2D eigenvalue weighted by Gasteiger charge is -2.17. The van der Waals surface area contributed by atoms with Gasteiger partial charge in [-0.2, -0.15) is 0 Å². The van der Waals surface area contributed by atoms with E-state index in [4.69, 9.17) is 9.15 Å². The van der Waals surface area contributed by atoms with Crippen LogP contribution in [0.25, 0.3) is 11.0 Å². The summed E-state index contributed by atoms with van der Waals surface area (Å²) in [5.41, 5.74) is 0.442. The second-order valence-electron chi connectivity index (χ2n) is 5.62. The molecule has 1 unspecified atom stereocenters. The minimum absolute atomic E-state index is 0.0610. The summed E-state index contributed by atoms with van der Waals surface area (Å²) in [4.78, 5) is 24.6. The predicted octanol–water partition coefficient (Wildman–Crippen LogP) is 3.58. The first kappa shape index (κ1) is 16.8. The monoisotopic (exact) mass is 338 g/mol. The molecule has 128 valence electrons. The lowest BCUT2D eigenvalue weighted by atomic mass is 9.88. The number of fused-ring (bicyclic) bond motifs is 1. The van der Waals surface area contributed by atoms with Crippen LogP contribution < -0.4 is 5.63 Å². The highest BCUT2D eigenvalue weighted by atomic mass is 16.5. The number of carbonyl (C=O) groups excluding carboxylic acids is 1. The molecule has 25 heavy (non-hydrogen) atoms. The maximum absolute atomic E-state index is 12.5. The Balaban J connectivity index is 2.17. The Morgan fingerprint density at radius 3 is 2.52 bits per heavy atom. The van der Waals surface area contributed by atoms with Crippen molar-refractivity contribution in [3.63, 3.8) is 0 Å². The number of hydrogen-bond donors (Lipinski definition) is 1. The molecule has 0 aliphatic carbocycles. The molecule has 3 rings (SSSR count). The second-order valence-corrected chi connectivity index (χ2v) is 5.62. The topological polar surface area (TPSA) is 76.7 Å². The van der Waals surface area contributed by atoms with Crippen LogP contribution in [0.3, 0.4) is 0 Å². The highest BCUT2D eigenvalue weighted by Gasteiger charge is 2.27. The first-order valence-electron chi connectivity index (χ1n) is 8.07. The molecular weight excluding hydrogens is 320 g/mol. The summed E-state index contributed by atoms with van der Waals surface area (Å²) >= 11 is 0. The van der Waals surface area contributed by atoms with E-state index in [0.29, 0.717) is 11.0 Å². The number of rotatable bonds is 5. The Kier molecular flexibility index (Phi) is 4.84. The van der Waals surface area contributed by atoms with Crippen molar-refractivity contribution in [2.24, 2.45) is 0 Å². The minimum Gasteiger partial charge on any atom is -0.507 e. The number of carbonyl (C=O) groups is 1. The van der Waals surface area contributed by atoms with E-state index >= 15 is 0 Å². The molecular formula is C20H18O5. The zero-order valence-electron chi connectivity index (χ0n) is 13.8. The molecule has 0 spiro atoms. The Labute approximate surface area is 144 Å². The Morgan fingerprint density at radius 1 is 1.12 bits per heavy atom. The summed E-state index contributed by atoms with van der Waals surface area (Å²) in [6, 6.07) is 15.8. The number of aromatic hydroxyl groups is 1. The lowest BCUT2D eigenvalue weighted by Crippen LogP contribution is -2.18. The first-order valence-corrected chi connectivity index (χ1v) is 8.07. The van der Waals surface area contributed by atoms with Crippen molar-refractivity contribution < 1.29 is 19.1 Å². The Morgan fingerprint density at radius 2 is 1.80 bits per heavy atom. The van der Waals surface area contributed by atoms with Gasteiger partial charge in [-0.05, 0) is 24.6 Å². The molecule has 3 aromatic rings. The van der Waals surface area contributed by atoms with Crippen molar-refractivity contribution in [2.75, 3.05) is 6.61 Å². The molecule has 5 heteroatoms. The molecule has 1 aromatic heterocycles. The summed E-state index contributed by atoms with van der Waals surface area (Å²) in [7, 11) is 0. The SMILES string of the molecule is CCOC(=O)CC(c1ccccc1)c1c(O)c2ccccc2oc1=O. The molecule has 0 fully saturated rings. The van der Waals surface area contributed by atoms with Gasteiger partial charge in [0.25, 0.3) is 0 Å². The van der Waals surface area contributed by atoms with E-state index in [2.05, 4.69) is 0 Å². The van der Waals surface area contributed by atoms with E-state index in [1.807, 2.05) is 18.2 Å². The van der Waals surface area contributed by atoms with Gasteiger partial charge in [0.1, 0.15) is 11.3 Å². The van der Waals surface area contributed by atoms with Gasteiger partial charge in [0, 0.05) is 5.92 Å². The Bertz CT molecular complexity index is 943. The van der Waals surface area contributed by atoms with Gasteiger partial charge in [-0.15, -0.1) is 0 Å². The van der Waals surface area contributed by atoms with Gasteiger partial charge >= 0.3 is 11.6 Å². The van der Waals surface area contributed by atoms with Crippen LogP contribution in [0.1, 0.15) is 30.4 Å². The van der Waals surface area contributed by atoms with Gasteiger partial charge in [-0.3, -0.25) is 4.79 Å². The van der Waals surface area contributed by atoms with Gasteiger partial charge in [0.05, 0.1) is 24.0 Å². The van der Waals surface area contributed by atoms with Crippen LogP contribution in [0.4, 0.5) is 0 Å². The molecule has 1 N–H and O–H groups in total. The van der Waals surface area contributed by atoms with Crippen LogP contribution in [0.5, 0.6) is 5.75 Å². The third-order valence-corrected chi connectivity index (χ3v) is 4.05. The number of benzene rings is 2. The van der Waals surface area contributed by atoms with Crippen molar-refractivity contribution in [2.45, 2.75) is 19.3 Å². The average molecular weight is 338 g/mol. The first-order chi connectivity index (χ1) is 12.1. The van der Waals surface area contributed by atoms with Crippen LogP contribution in [0.15, 0.2) is 63.8 Å². The molecule has 0 saturated carbocycles. The second kappa shape index (κ2) is 7.21. The molecule has 5 nitrogen and oxygen atoms in total. The van der Waals surface area contributed by atoms with Crippen molar-refractivity contribution in [1.82, 2.24) is 0 Å². The molecule has 0 bridgehead atoms. The zero-order valence-corrected chi connectivity index (χ0v) is 13.8. The predicted molar refractivity (Wildman–Crippen MR) is 93.7 cm³/mol. The van der Waals surface area contributed by atoms with Crippen molar-refractivity contribution in [1.29, 1.82) is 0 Å². The van der Waals surface area contributed by atoms with Gasteiger partial charge in [-0.25, -0.2) is 4.79 Å². The molecule has 0 aliphatic rings.